The Labute approximate surface area is 80.6 Å². The molecule has 0 radical (unpaired) electrons. The highest BCUT2D eigenvalue weighted by atomic mass is 79.9. The van der Waals surface area contributed by atoms with E-state index in [-0.39, 0.29) is 0 Å². The molecule has 0 saturated carbocycles. The maximum Gasteiger partial charge on any atom is 0.120 e. The number of hydrogen-bond acceptors (Lipinski definition) is 3. The second kappa shape index (κ2) is 2.69. The summed E-state index contributed by atoms with van der Waals surface area (Å²) in [6, 6.07) is 3.65. The van der Waals surface area contributed by atoms with Crippen molar-refractivity contribution < 1.29 is 0 Å². The minimum Gasteiger partial charge on any atom is -0.173 e. The first-order valence-corrected chi connectivity index (χ1v) is 4.75. The van der Waals surface area contributed by atoms with Crippen molar-refractivity contribution in [2.24, 2.45) is 0 Å². The number of nitrogens with zero attached hydrogens (tertiary/aromatic N) is 2. The molecule has 0 aliphatic rings. The summed E-state index contributed by atoms with van der Waals surface area (Å²) in [6.07, 6.45) is 0. The largest absolute Gasteiger partial charge is 0.173 e. The summed E-state index contributed by atoms with van der Waals surface area (Å²) < 4.78 is 8.97. The van der Waals surface area contributed by atoms with E-state index >= 15 is 0 Å². The Kier molecular flexibility index (Phi) is 1.83. The summed E-state index contributed by atoms with van der Waals surface area (Å²) in [5.41, 5.74) is 1.72. The highest BCUT2D eigenvalue weighted by Gasteiger charge is 2.05. The van der Waals surface area contributed by atoms with Crippen molar-refractivity contribution in [3.8, 4) is 0 Å². The molecule has 0 atom stereocenters. The van der Waals surface area contributed by atoms with E-state index in [0.717, 1.165) is 15.5 Å². The summed E-state index contributed by atoms with van der Waals surface area (Å²) in [5.74, 6) is 0. The average Bonchev–Trinajstić information content (AvgIpc) is 2.45. The maximum absolute atomic E-state index is 5.83. The van der Waals surface area contributed by atoms with Gasteiger partial charge in [-0.2, -0.15) is 8.75 Å². The standard InChI is InChI=1S/C6H2BrClN2S/c7-5-3(8)1-2-4-6(5)10-11-9-4/h1-2H. The molecule has 56 valence electrons. The fourth-order valence-corrected chi connectivity index (χ4v) is 2.03. The Morgan fingerprint density at radius 1 is 1.36 bits per heavy atom. The Bertz CT molecular complexity index is 400. The maximum atomic E-state index is 5.83. The first-order valence-electron chi connectivity index (χ1n) is 2.85. The van der Waals surface area contributed by atoms with E-state index in [0.29, 0.717) is 5.02 Å². The van der Waals surface area contributed by atoms with Crippen LogP contribution in [0.5, 0.6) is 0 Å². The lowest BCUT2D eigenvalue weighted by molar-refractivity contribution is 1.61. The molecule has 1 heterocycles. The Morgan fingerprint density at radius 2 is 2.18 bits per heavy atom. The van der Waals surface area contributed by atoms with Gasteiger partial charge in [-0.05, 0) is 28.1 Å². The van der Waals surface area contributed by atoms with Gasteiger partial charge in [-0.1, -0.05) is 11.6 Å². The molecule has 0 spiro atoms. The lowest BCUT2D eigenvalue weighted by atomic mass is 10.3. The molecule has 5 heteroatoms. The highest BCUT2D eigenvalue weighted by molar-refractivity contribution is 9.10. The predicted octanol–water partition coefficient (Wildman–Crippen LogP) is 3.11. The molecular weight excluding hydrogens is 248 g/mol. The summed E-state index contributed by atoms with van der Waals surface area (Å²) >= 11 is 10.4. The van der Waals surface area contributed by atoms with E-state index in [1.54, 1.807) is 6.07 Å². The zero-order valence-corrected chi connectivity index (χ0v) is 8.37. The predicted molar refractivity (Wildman–Crippen MR) is 50.1 cm³/mol. The van der Waals surface area contributed by atoms with Gasteiger partial charge in [-0.3, -0.25) is 0 Å². The number of fused-ring (bicyclic) bond motifs is 1. The first-order chi connectivity index (χ1) is 5.29. The van der Waals surface area contributed by atoms with Crippen LogP contribution in [-0.4, -0.2) is 8.75 Å². The Hall–Kier alpha value is -0.190. The van der Waals surface area contributed by atoms with Gasteiger partial charge in [0.2, 0.25) is 0 Å². The third kappa shape index (κ3) is 1.15. The van der Waals surface area contributed by atoms with Crippen LogP contribution in [0.4, 0.5) is 0 Å². The van der Waals surface area contributed by atoms with Crippen molar-refractivity contribution in [1.82, 2.24) is 8.75 Å². The van der Waals surface area contributed by atoms with Gasteiger partial charge in [-0.15, -0.1) is 0 Å². The second-order valence-corrected chi connectivity index (χ2v) is 3.72. The monoisotopic (exact) mass is 248 g/mol. The molecule has 0 amide bonds. The molecule has 2 rings (SSSR count). The van der Waals surface area contributed by atoms with Gasteiger partial charge >= 0.3 is 0 Å². The average molecular weight is 250 g/mol. The van der Waals surface area contributed by atoms with Crippen molar-refractivity contribution in [1.29, 1.82) is 0 Å². The van der Waals surface area contributed by atoms with Crippen LogP contribution in [0.25, 0.3) is 11.0 Å². The van der Waals surface area contributed by atoms with Crippen LogP contribution in [0.3, 0.4) is 0 Å². The van der Waals surface area contributed by atoms with E-state index < -0.39 is 0 Å². The van der Waals surface area contributed by atoms with Crippen molar-refractivity contribution in [2.75, 3.05) is 0 Å². The Morgan fingerprint density at radius 3 is 3.00 bits per heavy atom. The van der Waals surface area contributed by atoms with E-state index in [4.69, 9.17) is 11.6 Å². The molecule has 0 unspecified atom stereocenters. The summed E-state index contributed by atoms with van der Waals surface area (Å²) in [5, 5.41) is 0.671. The van der Waals surface area contributed by atoms with Gasteiger partial charge in [0.05, 0.1) is 21.2 Å². The zero-order chi connectivity index (χ0) is 7.84. The molecular formula is C6H2BrClN2S. The number of rotatable bonds is 0. The van der Waals surface area contributed by atoms with Crippen LogP contribution in [0.15, 0.2) is 16.6 Å². The van der Waals surface area contributed by atoms with Gasteiger partial charge in [0, 0.05) is 0 Å². The van der Waals surface area contributed by atoms with E-state index in [1.807, 2.05) is 6.07 Å². The summed E-state index contributed by atoms with van der Waals surface area (Å²) in [4.78, 5) is 0. The fourth-order valence-electron chi connectivity index (χ4n) is 0.795. The zero-order valence-electron chi connectivity index (χ0n) is 5.21. The number of halogens is 2. The molecule has 2 nitrogen and oxygen atoms in total. The number of aromatic nitrogens is 2. The van der Waals surface area contributed by atoms with Crippen LogP contribution in [0.1, 0.15) is 0 Å². The van der Waals surface area contributed by atoms with Gasteiger partial charge < -0.3 is 0 Å². The molecule has 0 saturated heterocycles. The van der Waals surface area contributed by atoms with E-state index in [9.17, 15) is 0 Å². The van der Waals surface area contributed by atoms with Crippen molar-refractivity contribution in [2.45, 2.75) is 0 Å². The molecule has 0 bridgehead atoms. The lowest BCUT2D eigenvalue weighted by Crippen LogP contribution is -1.72. The van der Waals surface area contributed by atoms with Crippen LogP contribution >= 0.6 is 39.3 Å². The van der Waals surface area contributed by atoms with Crippen LogP contribution in [0, 0.1) is 0 Å². The molecule has 0 fully saturated rings. The SMILES string of the molecule is Clc1ccc2nsnc2c1Br. The number of hydrogen-bond donors (Lipinski definition) is 0. The lowest BCUT2D eigenvalue weighted by Gasteiger charge is -1.92. The minimum atomic E-state index is 0.671. The molecule has 0 aliphatic carbocycles. The highest BCUT2D eigenvalue weighted by Crippen LogP contribution is 2.29. The van der Waals surface area contributed by atoms with Crippen molar-refractivity contribution in [3.05, 3.63) is 21.6 Å². The molecule has 11 heavy (non-hydrogen) atoms. The van der Waals surface area contributed by atoms with Gasteiger partial charge in [0.25, 0.3) is 0 Å². The fraction of sp³-hybridized carbons (Fsp3) is 0. The summed E-state index contributed by atoms with van der Waals surface area (Å²) in [6.45, 7) is 0. The van der Waals surface area contributed by atoms with Crippen LogP contribution < -0.4 is 0 Å². The van der Waals surface area contributed by atoms with Crippen molar-refractivity contribution in [3.63, 3.8) is 0 Å². The van der Waals surface area contributed by atoms with Gasteiger partial charge in [-0.25, -0.2) is 0 Å². The second-order valence-electron chi connectivity index (χ2n) is 1.99. The topological polar surface area (TPSA) is 25.8 Å². The summed E-state index contributed by atoms with van der Waals surface area (Å²) in [7, 11) is 0. The smallest absolute Gasteiger partial charge is 0.120 e. The van der Waals surface area contributed by atoms with Crippen LogP contribution in [0.2, 0.25) is 5.02 Å². The van der Waals surface area contributed by atoms with E-state index in [2.05, 4.69) is 24.7 Å². The van der Waals surface area contributed by atoms with Crippen LogP contribution in [-0.2, 0) is 0 Å². The van der Waals surface area contributed by atoms with E-state index in [1.165, 1.54) is 11.7 Å². The van der Waals surface area contributed by atoms with Crippen molar-refractivity contribution >= 4 is 50.3 Å². The Balaban J connectivity index is 2.93. The first kappa shape index (κ1) is 7.46. The van der Waals surface area contributed by atoms with Gasteiger partial charge in [0.1, 0.15) is 11.0 Å². The minimum absolute atomic E-state index is 0.671. The molecule has 1 aromatic heterocycles. The molecule has 1 aromatic carbocycles. The third-order valence-electron chi connectivity index (χ3n) is 1.32. The quantitative estimate of drug-likeness (QED) is 0.717. The molecule has 2 aromatic rings. The molecule has 0 aliphatic heterocycles. The molecule has 0 N–H and O–H groups in total. The van der Waals surface area contributed by atoms with Gasteiger partial charge in [0.15, 0.2) is 0 Å². The normalized spacial score (nSPS) is 10.7. The number of benzene rings is 1. The third-order valence-corrected chi connectivity index (χ3v) is 3.21.